The van der Waals surface area contributed by atoms with Crippen molar-refractivity contribution in [1.29, 1.82) is 5.26 Å². The molecule has 0 fully saturated rings. The Morgan fingerprint density at radius 2 is 1.56 bits per heavy atom. The molecule has 0 unspecified atom stereocenters. The average Bonchev–Trinajstić information content (AvgIpc) is 2.83. The van der Waals surface area contributed by atoms with Gasteiger partial charge in [-0.2, -0.15) is 13.7 Å². The number of carbonyl (C=O) groups excluding carboxylic acids is 2. The molecule has 3 rings (SSSR count). The van der Waals surface area contributed by atoms with Crippen LogP contribution in [0.4, 0.5) is 15.8 Å². The summed E-state index contributed by atoms with van der Waals surface area (Å²) >= 11 is 0. The van der Waals surface area contributed by atoms with Crippen LogP contribution in [0.5, 0.6) is 11.5 Å². The number of methoxy groups -OCH3 is 1. The number of carbonyl (C=O) groups is 2. The number of amides is 2. The van der Waals surface area contributed by atoms with E-state index in [0.717, 1.165) is 12.1 Å². The molecule has 2 N–H and O–H groups in total. The van der Waals surface area contributed by atoms with Gasteiger partial charge in [0.2, 0.25) is 5.91 Å². The normalized spacial score (nSPS) is 11.2. The molecule has 3 aromatic carbocycles. The molecule has 184 valence electrons. The van der Waals surface area contributed by atoms with E-state index in [1.165, 1.54) is 74.7 Å². The number of nitrogens with zero attached hydrogens (tertiary/aromatic N) is 1. The van der Waals surface area contributed by atoms with Crippen molar-refractivity contribution in [2.24, 2.45) is 0 Å². The fourth-order valence-electron chi connectivity index (χ4n) is 2.97. The first-order valence-corrected chi connectivity index (χ1v) is 11.7. The third kappa shape index (κ3) is 6.68. The van der Waals surface area contributed by atoms with Crippen LogP contribution in [0, 0.1) is 17.1 Å². The fourth-order valence-corrected chi connectivity index (χ4v) is 3.90. The molecule has 0 spiro atoms. The number of nitrogens with one attached hydrogen (secondary N) is 2. The molecule has 3 aromatic rings. The minimum Gasteiger partial charge on any atom is -0.493 e. The Morgan fingerprint density at radius 3 is 2.14 bits per heavy atom. The summed E-state index contributed by atoms with van der Waals surface area (Å²) in [5, 5.41) is 14.5. The first kappa shape index (κ1) is 25.9. The summed E-state index contributed by atoms with van der Waals surface area (Å²) in [5.41, 5.74) is 0.700. The van der Waals surface area contributed by atoms with Crippen molar-refractivity contribution in [2.45, 2.75) is 11.8 Å². The van der Waals surface area contributed by atoms with Gasteiger partial charge in [0, 0.05) is 18.3 Å². The van der Waals surface area contributed by atoms with E-state index in [-0.39, 0.29) is 39.1 Å². The molecule has 0 aliphatic carbocycles. The smallest absolute Gasteiger partial charge is 0.339 e. The zero-order chi connectivity index (χ0) is 26.3. The SMILES string of the molecule is COc1ccc(/C=C(\C#N)C(=O)Nc2ccc(F)cc2)cc1OS(=O)(=O)c1ccc(NC(C)=O)cc1. The lowest BCUT2D eigenvalue weighted by Crippen LogP contribution is -2.13. The van der Waals surface area contributed by atoms with E-state index in [2.05, 4.69) is 10.6 Å². The summed E-state index contributed by atoms with van der Waals surface area (Å²) in [4.78, 5) is 23.5. The number of nitriles is 1. The Morgan fingerprint density at radius 1 is 0.944 bits per heavy atom. The summed E-state index contributed by atoms with van der Waals surface area (Å²) in [6, 6.07) is 16.4. The third-order valence-electron chi connectivity index (χ3n) is 4.63. The van der Waals surface area contributed by atoms with Gasteiger partial charge in [0.1, 0.15) is 22.4 Å². The molecule has 0 atom stereocenters. The molecular formula is C25H20FN3O6S. The maximum Gasteiger partial charge on any atom is 0.339 e. The number of rotatable bonds is 8. The van der Waals surface area contributed by atoms with E-state index < -0.39 is 21.8 Å². The van der Waals surface area contributed by atoms with Gasteiger partial charge in [0.15, 0.2) is 11.5 Å². The molecule has 0 heterocycles. The topological polar surface area (TPSA) is 135 Å². The van der Waals surface area contributed by atoms with Gasteiger partial charge in [-0.3, -0.25) is 9.59 Å². The molecule has 0 saturated heterocycles. The molecular weight excluding hydrogens is 489 g/mol. The largest absolute Gasteiger partial charge is 0.493 e. The summed E-state index contributed by atoms with van der Waals surface area (Å²) in [6.45, 7) is 1.33. The number of anilines is 2. The molecule has 0 aromatic heterocycles. The standard InChI is InChI=1S/C25H20FN3O6S/c1-16(30)28-20-8-10-22(11-9-20)36(32,33)35-24-14-17(3-12-23(24)34-2)13-18(15-27)25(31)29-21-6-4-19(26)5-7-21/h3-14H,1-2H3,(H,28,30)(H,29,31)/b18-13+. The Balaban J connectivity index is 1.86. The van der Waals surface area contributed by atoms with Gasteiger partial charge < -0.3 is 19.6 Å². The maximum absolute atomic E-state index is 13.1. The Labute approximate surface area is 206 Å². The van der Waals surface area contributed by atoms with Crippen molar-refractivity contribution in [3.63, 3.8) is 0 Å². The van der Waals surface area contributed by atoms with Gasteiger partial charge in [0.05, 0.1) is 7.11 Å². The summed E-state index contributed by atoms with van der Waals surface area (Å²) in [6.07, 6.45) is 1.24. The van der Waals surface area contributed by atoms with E-state index in [1.54, 1.807) is 6.07 Å². The fraction of sp³-hybridized carbons (Fsp3) is 0.0800. The molecule has 0 aliphatic rings. The lowest BCUT2D eigenvalue weighted by Gasteiger charge is -2.12. The highest BCUT2D eigenvalue weighted by atomic mass is 32.2. The number of hydrogen-bond acceptors (Lipinski definition) is 7. The minimum absolute atomic E-state index is 0.0971. The van der Waals surface area contributed by atoms with E-state index in [9.17, 15) is 27.7 Å². The summed E-state index contributed by atoms with van der Waals surface area (Å²) in [7, 11) is -2.97. The second-order valence-corrected chi connectivity index (χ2v) is 8.83. The maximum atomic E-state index is 13.1. The second-order valence-electron chi connectivity index (χ2n) is 7.28. The van der Waals surface area contributed by atoms with Crippen molar-refractivity contribution in [2.75, 3.05) is 17.7 Å². The summed E-state index contributed by atoms with van der Waals surface area (Å²) < 4.78 is 49.1. The molecule has 0 aliphatic heterocycles. The van der Waals surface area contributed by atoms with Crippen LogP contribution < -0.4 is 19.6 Å². The first-order chi connectivity index (χ1) is 17.1. The van der Waals surface area contributed by atoms with Gasteiger partial charge >= 0.3 is 10.1 Å². The quantitative estimate of drug-likeness (QED) is 0.265. The Bertz CT molecular complexity index is 1460. The molecule has 2 amide bonds. The highest BCUT2D eigenvalue weighted by Crippen LogP contribution is 2.32. The van der Waals surface area contributed by atoms with Crippen molar-refractivity contribution in [3.8, 4) is 17.6 Å². The minimum atomic E-state index is -4.29. The average molecular weight is 510 g/mol. The highest BCUT2D eigenvalue weighted by molar-refractivity contribution is 7.87. The number of ether oxygens (including phenoxy) is 1. The van der Waals surface area contributed by atoms with Crippen LogP contribution >= 0.6 is 0 Å². The van der Waals surface area contributed by atoms with E-state index in [0.29, 0.717) is 5.69 Å². The van der Waals surface area contributed by atoms with Gasteiger partial charge in [-0.25, -0.2) is 4.39 Å². The van der Waals surface area contributed by atoms with Crippen LogP contribution in [0.1, 0.15) is 12.5 Å². The van der Waals surface area contributed by atoms with E-state index in [4.69, 9.17) is 8.92 Å². The summed E-state index contributed by atoms with van der Waals surface area (Å²) in [5.74, 6) is -1.60. The number of halogens is 1. The van der Waals surface area contributed by atoms with Crippen LogP contribution in [0.25, 0.3) is 6.08 Å². The van der Waals surface area contributed by atoms with Gasteiger partial charge in [0.25, 0.3) is 5.91 Å². The van der Waals surface area contributed by atoms with Crippen molar-refractivity contribution >= 4 is 39.4 Å². The van der Waals surface area contributed by atoms with E-state index in [1.807, 2.05) is 0 Å². The lowest BCUT2D eigenvalue weighted by atomic mass is 10.1. The Hall–Kier alpha value is -4.69. The molecule has 11 heteroatoms. The zero-order valence-corrected chi connectivity index (χ0v) is 19.9. The van der Waals surface area contributed by atoms with Crippen LogP contribution in [0.2, 0.25) is 0 Å². The molecule has 0 saturated carbocycles. The zero-order valence-electron chi connectivity index (χ0n) is 19.1. The molecule has 9 nitrogen and oxygen atoms in total. The van der Waals surface area contributed by atoms with Crippen LogP contribution in [-0.2, 0) is 19.7 Å². The van der Waals surface area contributed by atoms with Crippen LogP contribution in [0.15, 0.2) is 77.2 Å². The predicted octanol–water partition coefficient (Wildman–Crippen LogP) is 4.11. The monoisotopic (exact) mass is 509 g/mol. The second kappa shape index (κ2) is 11.2. The third-order valence-corrected chi connectivity index (χ3v) is 5.88. The highest BCUT2D eigenvalue weighted by Gasteiger charge is 2.20. The van der Waals surface area contributed by atoms with Gasteiger partial charge in [-0.05, 0) is 72.3 Å². The molecule has 0 bridgehead atoms. The van der Waals surface area contributed by atoms with Crippen molar-refractivity contribution < 1.29 is 31.3 Å². The molecule has 36 heavy (non-hydrogen) atoms. The lowest BCUT2D eigenvalue weighted by molar-refractivity contribution is -0.114. The van der Waals surface area contributed by atoms with Crippen LogP contribution in [-0.4, -0.2) is 27.3 Å². The van der Waals surface area contributed by atoms with E-state index >= 15 is 0 Å². The first-order valence-electron chi connectivity index (χ1n) is 10.3. The van der Waals surface area contributed by atoms with Gasteiger partial charge in [-0.1, -0.05) is 6.07 Å². The van der Waals surface area contributed by atoms with Gasteiger partial charge in [-0.15, -0.1) is 0 Å². The molecule has 0 radical (unpaired) electrons. The van der Waals surface area contributed by atoms with Crippen LogP contribution in [0.3, 0.4) is 0 Å². The number of hydrogen-bond donors (Lipinski definition) is 2. The van der Waals surface area contributed by atoms with Crippen molar-refractivity contribution in [3.05, 3.63) is 83.7 Å². The predicted molar refractivity (Wildman–Crippen MR) is 130 cm³/mol. The Kier molecular flexibility index (Phi) is 8.03. The number of benzene rings is 3. The van der Waals surface area contributed by atoms with Crippen molar-refractivity contribution in [1.82, 2.24) is 0 Å².